The van der Waals surface area contributed by atoms with Gasteiger partial charge in [-0.15, -0.1) is 0 Å². The summed E-state index contributed by atoms with van der Waals surface area (Å²) in [6, 6.07) is 10.2. The molecule has 3 aliphatic rings. The Balaban J connectivity index is 1.32. The fraction of sp³-hybridized carbons (Fsp3) is 0.345. The monoisotopic (exact) mass is 542 g/mol. The number of rotatable bonds is 7. The number of esters is 1. The summed E-state index contributed by atoms with van der Waals surface area (Å²) in [5.41, 5.74) is 1.29. The van der Waals surface area contributed by atoms with Crippen molar-refractivity contribution in [3.63, 3.8) is 0 Å². The Morgan fingerprint density at radius 1 is 1.10 bits per heavy atom. The van der Waals surface area contributed by atoms with Gasteiger partial charge in [-0.25, -0.2) is 19.3 Å². The molecule has 0 amide bonds. The number of halogens is 1. The van der Waals surface area contributed by atoms with E-state index in [1.54, 1.807) is 18.4 Å². The summed E-state index contributed by atoms with van der Waals surface area (Å²) in [5.74, 6) is 2.14. The lowest BCUT2D eigenvalue weighted by Crippen LogP contribution is -2.52. The molecule has 5 aromatic heterocycles. The Morgan fingerprint density at radius 2 is 1.93 bits per heavy atom. The minimum atomic E-state index is -0.491. The van der Waals surface area contributed by atoms with Gasteiger partial charge in [-0.1, -0.05) is 0 Å². The number of furan rings is 2. The fourth-order valence-corrected chi connectivity index (χ4v) is 6.24. The lowest BCUT2D eigenvalue weighted by Gasteiger charge is -2.47. The molecule has 0 radical (unpaired) electrons. The third-order valence-electron chi connectivity index (χ3n) is 8.04. The number of fused-ring (bicyclic) bond motifs is 4. The molecule has 3 fully saturated rings. The molecule has 0 spiro atoms. The van der Waals surface area contributed by atoms with Crippen molar-refractivity contribution in [2.75, 3.05) is 11.9 Å². The summed E-state index contributed by atoms with van der Waals surface area (Å²) in [7, 11) is 0. The quantitative estimate of drug-likeness (QED) is 0.243. The van der Waals surface area contributed by atoms with E-state index < -0.39 is 5.82 Å². The van der Waals surface area contributed by atoms with Gasteiger partial charge in [-0.2, -0.15) is 5.10 Å². The maximum atomic E-state index is 14.1. The van der Waals surface area contributed by atoms with Crippen molar-refractivity contribution in [2.45, 2.75) is 38.6 Å². The third kappa shape index (κ3) is 4.31. The highest BCUT2D eigenvalue weighted by Gasteiger charge is 2.48. The standard InChI is InChI=1S/C29H27FN6O4/c1-2-38-29(37)24-15-5-7-16(8-6-15)25(24)33-23-13-19(20-9-10-22(40-20)21-4-3-11-39-21)32-28(34-23)26-18-12-17(30)14-31-27(18)36-35-26/h3-4,9-16,24-25H,2,5-8H2,1H3,(H,31,35,36)(H,32,33,34)/t15?,16?,24-,25-/m0/s1. The first-order valence-electron chi connectivity index (χ1n) is 13.5. The molecule has 0 aromatic carbocycles. The van der Waals surface area contributed by atoms with Gasteiger partial charge < -0.3 is 18.9 Å². The Morgan fingerprint density at radius 3 is 2.73 bits per heavy atom. The molecule has 5 heterocycles. The minimum Gasteiger partial charge on any atom is -0.466 e. The van der Waals surface area contributed by atoms with Crippen molar-refractivity contribution in [3.8, 4) is 34.5 Å². The molecule has 40 heavy (non-hydrogen) atoms. The summed E-state index contributed by atoms with van der Waals surface area (Å²) in [4.78, 5) is 26.7. The largest absolute Gasteiger partial charge is 0.466 e. The van der Waals surface area contributed by atoms with Gasteiger partial charge in [0.25, 0.3) is 0 Å². The van der Waals surface area contributed by atoms with E-state index in [0.717, 1.165) is 31.9 Å². The molecule has 0 aliphatic heterocycles. The van der Waals surface area contributed by atoms with Crippen LogP contribution in [-0.2, 0) is 9.53 Å². The molecule has 2 bridgehead atoms. The maximum Gasteiger partial charge on any atom is 0.311 e. The van der Waals surface area contributed by atoms with Gasteiger partial charge in [0.15, 0.2) is 28.8 Å². The summed E-state index contributed by atoms with van der Waals surface area (Å²) >= 11 is 0. The van der Waals surface area contributed by atoms with Crippen LogP contribution in [0.5, 0.6) is 0 Å². The predicted molar refractivity (Wildman–Crippen MR) is 143 cm³/mol. The third-order valence-corrected chi connectivity index (χ3v) is 8.04. The van der Waals surface area contributed by atoms with Gasteiger partial charge in [-0.3, -0.25) is 9.89 Å². The van der Waals surface area contributed by atoms with Crippen molar-refractivity contribution >= 4 is 22.8 Å². The molecule has 0 saturated heterocycles. The van der Waals surface area contributed by atoms with Gasteiger partial charge in [-0.05, 0) is 74.8 Å². The smallest absolute Gasteiger partial charge is 0.311 e. The number of hydrogen-bond acceptors (Lipinski definition) is 9. The maximum absolute atomic E-state index is 14.1. The second-order valence-corrected chi connectivity index (χ2v) is 10.3. The number of nitrogens with one attached hydrogen (secondary N) is 2. The van der Waals surface area contributed by atoms with E-state index in [9.17, 15) is 9.18 Å². The molecule has 2 atom stereocenters. The van der Waals surface area contributed by atoms with Crippen molar-refractivity contribution < 1.29 is 22.8 Å². The zero-order valence-electron chi connectivity index (χ0n) is 21.8. The second kappa shape index (κ2) is 9.89. The molecular weight excluding hydrogens is 515 g/mol. The minimum absolute atomic E-state index is 0.130. The van der Waals surface area contributed by atoms with E-state index in [1.165, 1.54) is 6.07 Å². The van der Waals surface area contributed by atoms with Crippen LogP contribution >= 0.6 is 0 Å². The summed E-state index contributed by atoms with van der Waals surface area (Å²) < 4.78 is 31.2. The Kier molecular flexibility index (Phi) is 6.06. The average Bonchev–Trinajstić information content (AvgIpc) is 3.74. The second-order valence-electron chi connectivity index (χ2n) is 10.3. The van der Waals surface area contributed by atoms with Gasteiger partial charge in [0.2, 0.25) is 0 Å². The van der Waals surface area contributed by atoms with Gasteiger partial charge in [0.1, 0.15) is 23.0 Å². The molecule has 204 valence electrons. The van der Waals surface area contributed by atoms with Crippen molar-refractivity contribution in [3.05, 3.63) is 54.7 Å². The van der Waals surface area contributed by atoms with Crippen LogP contribution in [-0.4, -0.2) is 43.8 Å². The van der Waals surface area contributed by atoms with Crippen molar-refractivity contribution in [1.82, 2.24) is 25.1 Å². The SMILES string of the molecule is CCOC(=O)[C@H]1C2CCC(CC2)[C@@H]1Nc1cc(-c2ccc(-c3ccco3)o2)nc(-c2[nH]nc3ncc(F)cc23)n1. The fourth-order valence-electron chi connectivity index (χ4n) is 6.24. The van der Waals surface area contributed by atoms with E-state index in [0.29, 0.717) is 63.9 Å². The van der Waals surface area contributed by atoms with Crippen LogP contribution in [0.3, 0.4) is 0 Å². The highest BCUT2D eigenvalue weighted by molar-refractivity contribution is 5.89. The molecule has 0 unspecified atom stereocenters. The van der Waals surface area contributed by atoms with E-state index in [1.807, 2.05) is 25.1 Å². The first kappa shape index (κ1) is 24.5. The van der Waals surface area contributed by atoms with Crippen LogP contribution in [0.25, 0.3) is 45.5 Å². The number of ether oxygens (including phenoxy) is 1. The number of H-pyrrole nitrogens is 1. The first-order valence-corrected chi connectivity index (χ1v) is 13.5. The number of carbonyl (C=O) groups excluding carboxylic acids is 1. The number of pyridine rings is 1. The highest BCUT2D eigenvalue weighted by Crippen LogP contribution is 2.47. The zero-order valence-corrected chi connectivity index (χ0v) is 21.8. The Hall–Kier alpha value is -4.54. The van der Waals surface area contributed by atoms with Gasteiger partial charge in [0, 0.05) is 12.1 Å². The molecular formula is C29H27FN6O4. The number of nitrogens with zero attached hydrogens (tertiary/aromatic N) is 4. The summed E-state index contributed by atoms with van der Waals surface area (Å²) in [5, 5.41) is 11.2. The summed E-state index contributed by atoms with van der Waals surface area (Å²) in [6.45, 7) is 2.17. The molecule has 10 nitrogen and oxygen atoms in total. The molecule has 2 N–H and O–H groups in total. The number of aromatic nitrogens is 5. The van der Waals surface area contributed by atoms with E-state index >= 15 is 0 Å². The Bertz CT molecular complexity index is 1670. The molecule has 3 aliphatic carbocycles. The topological polar surface area (TPSA) is 132 Å². The van der Waals surface area contributed by atoms with Crippen LogP contribution in [0.15, 0.2) is 57.7 Å². The lowest BCUT2D eigenvalue weighted by atomic mass is 9.61. The zero-order chi connectivity index (χ0) is 27.2. The van der Waals surface area contributed by atoms with E-state index in [-0.39, 0.29) is 23.8 Å². The van der Waals surface area contributed by atoms with Crippen LogP contribution in [0.4, 0.5) is 10.2 Å². The normalized spacial score (nSPS) is 22.1. The number of hydrogen-bond donors (Lipinski definition) is 2. The Labute approximate surface area is 228 Å². The highest BCUT2D eigenvalue weighted by atomic mass is 19.1. The molecule has 3 saturated carbocycles. The van der Waals surface area contributed by atoms with Crippen LogP contribution < -0.4 is 5.32 Å². The van der Waals surface area contributed by atoms with Gasteiger partial charge >= 0.3 is 5.97 Å². The number of anilines is 1. The van der Waals surface area contributed by atoms with Crippen LogP contribution in [0.1, 0.15) is 32.6 Å². The number of aromatic amines is 1. The molecule has 8 rings (SSSR count). The lowest BCUT2D eigenvalue weighted by molar-refractivity contribution is -0.154. The van der Waals surface area contributed by atoms with Crippen LogP contribution in [0.2, 0.25) is 0 Å². The number of carbonyl (C=O) groups is 1. The predicted octanol–water partition coefficient (Wildman–Crippen LogP) is 5.85. The van der Waals surface area contributed by atoms with E-state index in [2.05, 4.69) is 20.5 Å². The van der Waals surface area contributed by atoms with Gasteiger partial charge in [0.05, 0.1) is 30.4 Å². The van der Waals surface area contributed by atoms with Crippen molar-refractivity contribution in [2.24, 2.45) is 17.8 Å². The molecule has 11 heteroatoms. The average molecular weight is 543 g/mol. The van der Waals surface area contributed by atoms with Crippen LogP contribution in [0, 0.1) is 23.6 Å². The van der Waals surface area contributed by atoms with E-state index in [4.69, 9.17) is 23.5 Å². The molecule has 5 aromatic rings. The van der Waals surface area contributed by atoms with Crippen molar-refractivity contribution in [1.29, 1.82) is 0 Å². The summed E-state index contributed by atoms with van der Waals surface area (Å²) in [6.07, 6.45) is 6.83. The first-order chi connectivity index (χ1) is 19.6.